The standard InChI is InChI=1S/C15H22O/c1-6-11(2)14(16)12-7-9-13(10-8-12)15(3,4)5/h7-11H,6H2,1-5H3. The van der Waals surface area contributed by atoms with Crippen molar-refractivity contribution in [1.82, 2.24) is 0 Å². The van der Waals surface area contributed by atoms with Gasteiger partial charge in [0.2, 0.25) is 0 Å². The summed E-state index contributed by atoms with van der Waals surface area (Å²) in [4.78, 5) is 11.9. The molecule has 1 aromatic rings. The van der Waals surface area contributed by atoms with Gasteiger partial charge in [0.05, 0.1) is 0 Å². The van der Waals surface area contributed by atoms with Gasteiger partial charge in [0.1, 0.15) is 0 Å². The van der Waals surface area contributed by atoms with Crippen molar-refractivity contribution in [2.75, 3.05) is 0 Å². The zero-order valence-corrected chi connectivity index (χ0v) is 11.0. The van der Waals surface area contributed by atoms with Crippen molar-refractivity contribution >= 4 is 5.78 Å². The van der Waals surface area contributed by atoms with E-state index in [-0.39, 0.29) is 17.1 Å². The summed E-state index contributed by atoms with van der Waals surface area (Å²) >= 11 is 0. The fourth-order valence-corrected chi connectivity index (χ4v) is 1.60. The van der Waals surface area contributed by atoms with Gasteiger partial charge in [-0.3, -0.25) is 4.79 Å². The molecule has 0 heterocycles. The summed E-state index contributed by atoms with van der Waals surface area (Å²) in [6, 6.07) is 8.04. The Balaban J connectivity index is 2.91. The average molecular weight is 218 g/mol. The van der Waals surface area contributed by atoms with E-state index in [4.69, 9.17) is 0 Å². The van der Waals surface area contributed by atoms with Crippen LogP contribution in [0.25, 0.3) is 0 Å². The van der Waals surface area contributed by atoms with E-state index in [1.54, 1.807) is 0 Å². The summed E-state index contributed by atoms with van der Waals surface area (Å²) in [6.07, 6.45) is 0.903. The first-order chi connectivity index (χ1) is 7.36. The summed E-state index contributed by atoms with van der Waals surface area (Å²) < 4.78 is 0. The topological polar surface area (TPSA) is 17.1 Å². The molecule has 1 atom stereocenters. The lowest BCUT2D eigenvalue weighted by atomic mass is 9.86. The number of hydrogen-bond donors (Lipinski definition) is 0. The first kappa shape index (κ1) is 13.0. The lowest BCUT2D eigenvalue weighted by Crippen LogP contribution is -2.13. The normalized spacial score (nSPS) is 13.6. The van der Waals surface area contributed by atoms with Gasteiger partial charge in [-0.1, -0.05) is 58.9 Å². The zero-order chi connectivity index (χ0) is 12.3. The highest BCUT2D eigenvalue weighted by Crippen LogP contribution is 2.23. The largest absolute Gasteiger partial charge is 0.294 e. The Hall–Kier alpha value is -1.11. The minimum absolute atomic E-state index is 0.125. The molecular formula is C15H22O. The van der Waals surface area contributed by atoms with Crippen molar-refractivity contribution in [1.29, 1.82) is 0 Å². The van der Waals surface area contributed by atoms with Crippen molar-refractivity contribution < 1.29 is 4.79 Å². The average Bonchev–Trinajstić information content (AvgIpc) is 2.26. The molecule has 1 rings (SSSR count). The van der Waals surface area contributed by atoms with Gasteiger partial charge in [-0.25, -0.2) is 0 Å². The summed E-state index contributed by atoms with van der Waals surface area (Å²) in [5, 5.41) is 0. The van der Waals surface area contributed by atoms with Crippen molar-refractivity contribution in [2.24, 2.45) is 5.92 Å². The lowest BCUT2D eigenvalue weighted by molar-refractivity contribution is 0.0927. The second-order valence-electron chi connectivity index (χ2n) is 5.50. The predicted octanol–water partition coefficient (Wildman–Crippen LogP) is 4.21. The Morgan fingerprint density at radius 3 is 2.06 bits per heavy atom. The van der Waals surface area contributed by atoms with Crippen LogP contribution in [0.15, 0.2) is 24.3 Å². The van der Waals surface area contributed by atoms with Gasteiger partial charge < -0.3 is 0 Å². The number of Topliss-reactive ketones (excluding diaryl/α,β-unsaturated/α-hetero) is 1. The third kappa shape index (κ3) is 2.94. The highest BCUT2D eigenvalue weighted by atomic mass is 16.1. The van der Waals surface area contributed by atoms with Crippen LogP contribution in [0, 0.1) is 5.92 Å². The SMILES string of the molecule is CCC(C)C(=O)c1ccc(C(C)(C)C)cc1. The number of rotatable bonds is 3. The number of carbonyl (C=O) groups excluding carboxylic acids is 1. The maximum Gasteiger partial charge on any atom is 0.165 e. The van der Waals surface area contributed by atoms with E-state index >= 15 is 0 Å². The van der Waals surface area contributed by atoms with Gasteiger partial charge in [-0.2, -0.15) is 0 Å². The Kier molecular flexibility index (Phi) is 3.90. The molecule has 0 aromatic heterocycles. The van der Waals surface area contributed by atoms with Gasteiger partial charge in [0.15, 0.2) is 5.78 Å². The first-order valence-electron chi connectivity index (χ1n) is 6.01. The quantitative estimate of drug-likeness (QED) is 0.694. The molecule has 0 saturated carbocycles. The molecule has 1 aromatic carbocycles. The molecule has 0 bridgehead atoms. The van der Waals surface area contributed by atoms with Gasteiger partial charge >= 0.3 is 0 Å². The molecule has 0 aliphatic rings. The highest BCUT2D eigenvalue weighted by Gasteiger charge is 2.16. The van der Waals surface area contributed by atoms with Gasteiger partial charge in [-0.15, -0.1) is 0 Å². The lowest BCUT2D eigenvalue weighted by Gasteiger charge is -2.19. The van der Waals surface area contributed by atoms with Crippen molar-refractivity contribution in [3.05, 3.63) is 35.4 Å². The van der Waals surface area contributed by atoms with E-state index in [1.165, 1.54) is 5.56 Å². The van der Waals surface area contributed by atoms with Gasteiger partial charge in [0, 0.05) is 11.5 Å². The van der Waals surface area contributed by atoms with Crippen LogP contribution >= 0.6 is 0 Å². The predicted molar refractivity (Wildman–Crippen MR) is 68.9 cm³/mol. The fraction of sp³-hybridized carbons (Fsp3) is 0.533. The van der Waals surface area contributed by atoms with Crippen molar-refractivity contribution in [3.8, 4) is 0 Å². The van der Waals surface area contributed by atoms with E-state index in [2.05, 4.69) is 32.9 Å². The minimum atomic E-state index is 0.125. The smallest absolute Gasteiger partial charge is 0.165 e. The van der Waals surface area contributed by atoms with Crippen LogP contribution in [0.1, 0.15) is 57.0 Å². The second-order valence-corrected chi connectivity index (χ2v) is 5.50. The second kappa shape index (κ2) is 4.82. The zero-order valence-electron chi connectivity index (χ0n) is 11.0. The molecule has 1 heteroatoms. The third-order valence-electron chi connectivity index (χ3n) is 3.10. The van der Waals surface area contributed by atoms with E-state index < -0.39 is 0 Å². The van der Waals surface area contributed by atoms with Crippen LogP contribution in [-0.2, 0) is 5.41 Å². The van der Waals surface area contributed by atoms with Crippen molar-refractivity contribution in [2.45, 2.75) is 46.5 Å². The van der Waals surface area contributed by atoms with E-state index in [1.807, 2.05) is 26.0 Å². The molecule has 1 nitrogen and oxygen atoms in total. The summed E-state index contributed by atoms with van der Waals surface area (Å²) in [5.41, 5.74) is 2.26. The summed E-state index contributed by atoms with van der Waals surface area (Å²) in [6.45, 7) is 10.6. The molecule has 0 amide bonds. The third-order valence-corrected chi connectivity index (χ3v) is 3.10. The van der Waals surface area contributed by atoms with E-state index in [0.717, 1.165) is 12.0 Å². The van der Waals surface area contributed by atoms with E-state index in [9.17, 15) is 4.79 Å². The summed E-state index contributed by atoms with van der Waals surface area (Å²) in [5.74, 6) is 0.378. The fourth-order valence-electron chi connectivity index (χ4n) is 1.60. The number of benzene rings is 1. The molecule has 0 aliphatic heterocycles. The molecule has 0 fully saturated rings. The van der Waals surface area contributed by atoms with Crippen LogP contribution in [0.3, 0.4) is 0 Å². The number of carbonyl (C=O) groups is 1. The molecular weight excluding hydrogens is 196 g/mol. The monoisotopic (exact) mass is 218 g/mol. The Bertz CT molecular complexity index is 354. The van der Waals surface area contributed by atoms with Crippen LogP contribution in [0.5, 0.6) is 0 Å². The maximum absolute atomic E-state index is 11.9. The first-order valence-corrected chi connectivity index (χ1v) is 6.01. The van der Waals surface area contributed by atoms with Crippen LogP contribution in [0.2, 0.25) is 0 Å². The van der Waals surface area contributed by atoms with Crippen LogP contribution < -0.4 is 0 Å². The molecule has 0 aliphatic carbocycles. The Labute approximate surface area is 98.9 Å². The van der Waals surface area contributed by atoms with Crippen LogP contribution in [-0.4, -0.2) is 5.78 Å². The molecule has 0 spiro atoms. The Morgan fingerprint density at radius 2 is 1.69 bits per heavy atom. The van der Waals surface area contributed by atoms with Gasteiger partial charge in [-0.05, 0) is 17.4 Å². The highest BCUT2D eigenvalue weighted by molar-refractivity contribution is 5.97. The molecule has 88 valence electrons. The maximum atomic E-state index is 11.9. The molecule has 0 radical (unpaired) electrons. The minimum Gasteiger partial charge on any atom is -0.294 e. The molecule has 0 N–H and O–H groups in total. The van der Waals surface area contributed by atoms with Crippen molar-refractivity contribution in [3.63, 3.8) is 0 Å². The Morgan fingerprint density at radius 1 is 1.19 bits per heavy atom. The number of hydrogen-bond acceptors (Lipinski definition) is 1. The molecule has 1 unspecified atom stereocenters. The molecule has 16 heavy (non-hydrogen) atoms. The van der Waals surface area contributed by atoms with Crippen LogP contribution in [0.4, 0.5) is 0 Å². The number of ketones is 1. The van der Waals surface area contributed by atoms with Gasteiger partial charge in [0.25, 0.3) is 0 Å². The molecule has 0 saturated heterocycles. The summed E-state index contributed by atoms with van der Waals surface area (Å²) in [7, 11) is 0. The van der Waals surface area contributed by atoms with E-state index in [0.29, 0.717) is 0 Å².